The van der Waals surface area contributed by atoms with E-state index in [1.54, 1.807) is 13.0 Å². The van der Waals surface area contributed by atoms with Crippen LogP contribution in [0.3, 0.4) is 0 Å². The van der Waals surface area contributed by atoms with Gasteiger partial charge in [-0.25, -0.2) is 13.1 Å². The highest BCUT2D eigenvalue weighted by atomic mass is 32.2. The van der Waals surface area contributed by atoms with Crippen molar-refractivity contribution < 1.29 is 12.8 Å². The molecule has 17 heavy (non-hydrogen) atoms. The first-order valence-corrected chi connectivity index (χ1v) is 6.90. The van der Waals surface area contributed by atoms with Crippen molar-refractivity contribution >= 4 is 27.2 Å². The Balaban J connectivity index is 2.28. The Bertz CT molecular complexity index is 676. The van der Waals surface area contributed by atoms with E-state index in [1.165, 1.54) is 18.2 Å². The van der Waals surface area contributed by atoms with Crippen LogP contribution < -0.4 is 4.72 Å². The van der Waals surface area contributed by atoms with E-state index in [9.17, 15) is 8.42 Å². The SMILES string of the molecule is Cc1ccc(NS(=O)(=O)c2ccc(C#N)s2)o1. The third-order valence-electron chi connectivity index (χ3n) is 1.93. The molecule has 2 aromatic heterocycles. The number of anilines is 1. The summed E-state index contributed by atoms with van der Waals surface area (Å²) in [6.07, 6.45) is 0. The number of nitriles is 1. The van der Waals surface area contributed by atoms with Gasteiger partial charge in [-0.05, 0) is 25.1 Å². The first kappa shape index (κ1) is 11.7. The molecule has 0 saturated carbocycles. The highest BCUT2D eigenvalue weighted by Gasteiger charge is 2.18. The Morgan fingerprint density at radius 2 is 2.12 bits per heavy atom. The number of thiophene rings is 1. The highest BCUT2D eigenvalue weighted by Crippen LogP contribution is 2.24. The predicted octanol–water partition coefficient (Wildman–Crippen LogP) is 2.32. The van der Waals surface area contributed by atoms with Crippen molar-refractivity contribution in [3.05, 3.63) is 34.9 Å². The quantitative estimate of drug-likeness (QED) is 0.926. The third kappa shape index (κ3) is 2.49. The second kappa shape index (κ2) is 4.24. The second-order valence-electron chi connectivity index (χ2n) is 3.25. The summed E-state index contributed by atoms with van der Waals surface area (Å²) in [5.74, 6) is 0.779. The standard InChI is InChI=1S/C10H8N2O3S2/c1-7-2-4-9(15-7)12-17(13,14)10-5-3-8(6-11)16-10/h2-5,12H,1H3. The average Bonchev–Trinajstić information content (AvgIpc) is 2.86. The Morgan fingerprint density at radius 3 is 2.65 bits per heavy atom. The molecule has 2 aromatic rings. The normalized spacial score (nSPS) is 11.1. The van der Waals surface area contributed by atoms with Crippen molar-refractivity contribution in [2.75, 3.05) is 4.72 Å². The van der Waals surface area contributed by atoms with Crippen LogP contribution in [-0.4, -0.2) is 8.42 Å². The van der Waals surface area contributed by atoms with E-state index in [2.05, 4.69) is 4.72 Å². The van der Waals surface area contributed by atoms with Gasteiger partial charge in [0, 0.05) is 6.07 Å². The molecule has 5 nitrogen and oxygen atoms in total. The highest BCUT2D eigenvalue weighted by molar-refractivity contribution is 7.94. The number of aryl methyl sites for hydroxylation is 1. The molecule has 7 heteroatoms. The first-order chi connectivity index (χ1) is 8.01. The lowest BCUT2D eigenvalue weighted by atomic mass is 10.5. The molecule has 0 bridgehead atoms. The minimum absolute atomic E-state index is 0.0862. The number of nitrogens with zero attached hydrogens (tertiary/aromatic N) is 1. The molecule has 0 atom stereocenters. The van der Waals surface area contributed by atoms with Crippen LogP contribution in [0, 0.1) is 18.3 Å². The average molecular weight is 268 g/mol. The van der Waals surface area contributed by atoms with Gasteiger partial charge < -0.3 is 4.42 Å². The van der Waals surface area contributed by atoms with Crippen LogP contribution in [0.4, 0.5) is 5.88 Å². The van der Waals surface area contributed by atoms with Crippen molar-refractivity contribution in [2.45, 2.75) is 11.1 Å². The van der Waals surface area contributed by atoms with Crippen molar-refractivity contribution in [3.8, 4) is 6.07 Å². The molecule has 0 aliphatic rings. The van der Waals surface area contributed by atoms with Gasteiger partial charge in [-0.15, -0.1) is 11.3 Å². The van der Waals surface area contributed by atoms with Crippen molar-refractivity contribution in [1.29, 1.82) is 5.26 Å². The second-order valence-corrected chi connectivity index (χ2v) is 6.24. The summed E-state index contributed by atoms with van der Waals surface area (Å²) in [5.41, 5.74) is 0. The zero-order valence-corrected chi connectivity index (χ0v) is 10.4. The van der Waals surface area contributed by atoms with Crippen LogP contribution in [0.2, 0.25) is 0 Å². The van der Waals surface area contributed by atoms with E-state index in [0.29, 0.717) is 10.6 Å². The Kier molecular flexibility index (Phi) is 2.92. The van der Waals surface area contributed by atoms with E-state index in [-0.39, 0.29) is 10.1 Å². The number of sulfonamides is 1. The van der Waals surface area contributed by atoms with Gasteiger partial charge in [-0.1, -0.05) is 0 Å². The number of hydrogen-bond acceptors (Lipinski definition) is 5. The van der Waals surface area contributed by atoms with E-state index in [4.69, 9.17) is 9.68 Å². The maximum absolute atomic E-state index is 11.9. The molecule has 0 unspecified atom stereocenters. The minimum Gasteiger partial charge on any atom is -0.445 e. The van der Waals surface area contributed by atoms with E-state index < -0.39 is 10.0 Å². The van der Waals surface area contributed by atoms with Gasteiger partial charge in [0.05, 0.1) is 0 Å². The van der Waals surface area contributed by atoms with Crippen LogP contribution >= 0.6 is 11.3 Å². The van der Waals surface area contributed by atoms with Gasteiger partial charge >= 0.3 is 0 Å². The fourth-order valence-electron chi connectivity index (χ4n) is 1.20. The van der Waals surface area contributed by atoms with Gasteiger partial charge in [0.25, 0.3) is 10.0 Å². The number of hydrogen-bond donors (Lipinski definition) is 1. The Labute approximate surface area is 102 Å². The largest absolute Gasteiger partial charge is 0.445 e. The smallest absolute Gasteiger partial charge is 0.273 e. The number of furan rings is 1. The zero-order valence-electron chi connectivity index (χ0n) is 8.80. The monoisotopic (exact) mass is 268 g/mol. The molecule has 0 aliphatic heterocycles. The molecule has 2 rings (SSSR count). The van der Waals surface area contributed by atoms with Gasteiger partial charge in [-0.2, -0.15) is 5.26 Å². The van der Waals surface area contributed by atoms with Crippen LogP contribution in [0.15, 0.2) is 32.9 Å². The summed E-state index contributed by atoms with van der Waals surface area (Å²) in [5, 5.41) is 8.64. The molecule has 1 N–H and O–H groups in total. The lowest BCUT2D eigenvalue weighted by Crippen LogP contribution is -2.10. The molecule has 0 radical (unpaired) electrons. The van der Waals surface area contributed by atoms with Gasteiger partial charge in [-0.3, -0.25) is 0 Å². The zero-order chi connectivity index (χ0) is 12.5. The summed E-state index contributed by atoms with van der Waals surface area (Å²) in [4.78, 5) is 0.348. The molecule has 0 saturated heterocycles. The molecule has 0 fully saturated rings. The molecule has 88 valence electrons. The van der Waals surface area contributed by atoms with Gasteiger partial charge in [0.2, 0.25) is 5.88 Å². The first-order valence-electron chi connectivity index (χ1n) is 4.60. The Morgan fingerprint density at radius 1 is 1.35 bits per heavy atom. The van der Waals surface area contributed by atoms with Crippen molar-refractivity contribution in [1.82, 2.24) is 0 Å². The van der Waals surface area contributed by atoms with Crippen molar-refractivity contribution in [2.24, 2.45) is 0 Å². The third-order valence-corrected chi connectivity index (χ3v) is 4.76. The number of nitrogens with one attached hydrogen (secondary N) is 1. The predicted molar refractivity (Wildman–Crippen MR) is 63.3 cm³/mol. The van der Waals surface area contributed by atoms with E-state index >= 15 is 0 Å². The van der Waals surface area contributed by atoms with Crippen LogP contribution in [0.1, 0.15) is 10.6 Å². The fourth-order valence-corrected chi connectivity index (χ4v) is 3.29. The summed E-state index contributed by atoms with van der Waals surface area (Å²) in [6.45, 7) is 1.72. The fraction of sp³-hybridized carbons (Fsp3) is 0.100. The molecule has 2 heterocycles. The van der Waals surface area contributed by atoms with Crippen LogP contribution in [-0.2, 0) is 10.0 Å². The molecule has 0 amide bonds. The van der Waals surface area contributed by atoms with E-state index in [1.807, 2.05) is 6.07 Å². The molecule has 0 aliphatic carbocycles. The van der Waals surface area contributed by atoms with Gasteiger partial charge in [0.15, 0.2) is 0 Å². The lowest BCUT2D eigenvalue weighted by molar-refractivity contribution is 0.549. The maximum Gasteiger partial charge on any atom is 0.273 e. The lowest BCUT2D eigenvalue weighted by Gasteiger charge is -2.01. The van der Waals surface area contributed by atoms with Crippen LogP contribution in [0.5, 0.6) is 0 Å². The molecule has 0 spiro atoms. The maximum atomic E-state index is 11.9. The summed E-state index contributed by atoms with van der Waals surface area (Å²) < 4.78 is 31.2. The van der Waals surface area contributed by atoms with Crippen molar-refractivity contribution in [3.63, 3.8) is 0 Å². The topological polar surface area (TPSA) is 83.1 Å². The molecular formula is C10H8N2O3S2. The Hall–Kier alpha value is -1.78. The minimum atomic E-state index is -3.67. The summed E-state index contributed by atoms with van der Waals surface area (Å²) in [6, 6.07) is 7.94. The number of rotatable bonds is 3. The van der Waals surface area contributed by atoms with Crippen LogP contribution in [0.25, 0.3) is 0 Å². The summed E-state index contributed by atoms with van der Waals surface area (Å²) in [7, 11) is -3.67. The molecule has 0 aromatic carbocycles. The summed E-state index contributed by atoms with van der Waals surface area (Å²) >= 11 is 0.913. The molecular weight excluding hydrogens is 260 g/mol. The van der Waals surface area contributed by atoms with Gasteiger partial charge in [0.1, 0.15) is 20.9 Å². The van der Waals surface area contributed by atoms with E-state index in [0.717, 1.165) is 11.3 Å².